The topological polar surface area (TPSA) is 87.2 Å². The van der Waals surface area contributed by atoms with Crippen LogP contribution in [0.4, 0.5) is 5.82 Å². The number of rotatable bonds is 7. The van der Waals surface area contributed by atoms with Gasteiger partial charge in [-0.15, -0.1) is 0 Å². The summed E-state index contributed by atoms with van der Waals surface area (Å²) >= 11 is 0. The molecule has 0 atom stereocenters. The van der Waals surface area contributed by atoms with Crippen LogP contribution >= 0.6 is 0 Å². The molecule has 0 saturated carbocycles. The number of hydrogen-bond donors (Lipinski definition) is 0. The molecule has 34 heavy (non-hydrogen) atoms. The number of likely N-dealkylation sites (N-methyl/N-ethyl adjacent to an activating group) is 1. The van der Waals surface area contributed by atoms with Gasteiger partial charge in [0.25, 0.3) is 5.56 Å². The van der Waals surface area contributed by atoms with Gasteiger partial charge in [-0.1, -0.05) is 43.3 Å². The fourth-order valence-electron chi connectivity index (χ4n) is 4.11. The summed E-state index contributed by atoms with van der Waals surface area (Å²) in [7, 11) is 3.75. The largest absolute Gasteiger partial charge is 0.355 e. The van der Waals surface area contributed by atoms with Crippen LogP contribution in [-0.4, -0.2) is 41.4 Å². The van der Waals surface area contributed by atoms with Gasteiger partial charge < -0.3 is 4.90 Å². The van der Waals surface area contributed by atoms with Crippen LogP contribution < -0.4 is 10.5 Å². The molecule has 0 amide bonds. The highest BCUT2D eigenvalue weighted by Gasteiger charge is 2.15. The molecule has 0 spiro atoms. The van der Waals surface area contributed by atoms with Gasteiger partial charge in [-0.25, -0.2) is 9.97 Å². The Morgan fingerprint density at radius 2 is 1.94 bits per heavy atom. The summed E-state index contributed by atoms with van der Waals surface area (Å²) < 4.78 is 1.58. The van der Waals surface area contributed by atoms with Crippen LogP contribution in [0.1, 0.15) is 24.7 Å². The average Bonchev–Trinajstić information content (AvgIpc) is 2.85. The molecular weight excluding hydrogens is 424 g/mol. The summed E-state index contributed by atoms with van der Waals surface area (Å²) in [4.78, 5) is 28.9. The molecule has 0 fully saturated rings. The van der Waals surface area contributed by atoms with E-state index in [2.05, 4.69) is 22.9 Å². The van der Waals surface area contributed by atoms with E-state index in [-0.39, 0.29) is 17.7 Å². The highest BCUT2D eigenvalue weighted by Crippen LogP contribution is 2.24. The van der Waals surface area contributed by atoms with Crippen LogP contribution in [0.15, 0.2) is 76.0 Å². The van der Waals surface area contributed by atoms with E-state index >= 15 is 0 Å². The van der Waals surface area contributed by atoms with Crippen molar-refractivity contribution in [2.45, 2.75) is 19.9 Å². The molecule has 7 nitrogen and oxygen atoms in total. The summed E-state index contributed by atoms with van der Waals surface area (Å²) in [5, 5.41) is 11.2. The zero-order chi connectivity index (χ0) is 24.1. The number of benzene rings is 2. The van der Waals surface area contributed by atoms with Gasteiger partial charge in [0.1, 0.15) is 17.5 Å². The Morgan fingerprint density at radius 3 is 2.71 bits per heavy atom. The van der Waals surface area contributed by atoms with Crippen LogP contribution in [-0.2, 0) is 6.54 Å². The van der Waals surface area contributed by atoms with E-state index in [9.17, 15) is 10.1 Å². The fourth-order valence-corrected chi connectivity index (χ4v) is 4.11. The maximum Gasteiger partial charge on any atom is 0.269 e. The van der Waals surface area contributed by atoms with Crippen LogP contribution in [0.25, 0.3) is 21.8 Å². The van der Waals surface area contributed by atoms with Gasteiger partial charge in [0.15, 0.2) is 5.82 Å². The molecule has 4 rings (SSSR count). The average molecular weight is 451 g/mol. The molecule has 0 bridgehead atoms. The minimum Gasteiger partial charge on any atom is -0.355 e. The number of aromatic nitrogens is 3. The molecule has 4 aromatic rings. The van der Waals surface area contributed by atoms with E-state index in [1.54, 1.807) is 17.7 Å². The SMILES string of the molecule is CC/C=C(\C=NC)CN(C)c1nc(Cn2c(=O)c(C#N)cc3ccccc32)nc2ccccc12. The number of nitrogens with zero attached hydrogens (tertiary/aromatic N) is 6. The third kappa shape index (κ3) is 4.57. The second-order valence-electron chi connectivity index (χ2n) is 8.03. The van der Waals surface area contributed by atoms with Crippen molar-refractivity contribution in [2.24, 2.45) is 4.99 Å². The van der Waals surface area contributed by atoms with E-state index in [1.807, 2.05) is 67.9 Å². The number of aliphatic imine (C=N–C) groups is 1. The highest BCUT2D eigenvalue weighted by atomic mass is 16.1. The smallest absolute Gasteiger partial charge is 0.269 e. The minimum atomic E-state index is -0.347. The number of anilines is 1. The summed E-state index contributed by atoms with van der Waals surface area (Å²) in [6.07, 6.45) is 4.92. The predicted molar refractivity (Wildman–Crippen MR) is 138 cm³/mol. The number of allylic oxidation sites excluding steroid dienone is 1. The normalized spacial score (nSPS) is 11.9. The quantitative estimate of drug-likeness (QED) is 0.391. The van der Waals surface area contributed by atoms with E-state index in [0.717, 1.165) is 39.6 Å². The number of nitriles is 1. The lowest BCUT2D eigenvalue weighted by molar-refractivity contribution is 0.742. The van der Waals surface area contributed by atoms with Crippen molar-refractivity contribution in [3.8, 4) is 6.07 Å². The molecule has 0 aliphatic carbocycles. The standard InChI is InChI=1S/C27H26N6O/c1-4-9-19(16-29-2)17-32(3)26-22-11-6-7-12-23(22)30-25(31-26)18-33-24-13-8-5-10-20(24)14-21(15-28)27(33)34/h5-14,16H,4,17-18H2,1-3H3/b19-9+,29-16?. The van der Waals surface area contributed by atoms with Crippen molar-refractivity contribution in [1.29, 1.82) is 5.26 Å². The molecule has 0 aliphatic heterocycles. The van der Waals surface area contributed by atoms with Crippen LogP contribution in [0.5, 0.6) is 0 Å². The number of hydrogen-bond acceptors (Lipinski definition) is 6. The fraction of sp³-hybridized carbons (Fsp3) is 0.222. The lowest BCUT2D eigenvalue weighted by Gasteiger charge is -2.21. The Bertz CT molecular complexity index is 1510. The summed E-state index contributed by atoms with van der Waals surface area (Å²) in [6.45, 7) is 2.89. The highest BCUT2D eigenvalue weighted by molar-refractivity contribution is 5.90. The molecule has 170 valence electrons. The Morgan fingerprint density at radius 1 is 1.18 bits per heavy atom. The molecule has 2 heterocycles. The first kappa shape index (κ1) is 22.9. The molecule has 2 aromatic carbocycles. The minimum absolute atomic E-state index is 0.102. The second kappa shape index (κ2) is 10.1. The number of fused-ring (bicyclic) bond motifs is 2. The van der Waals surface area contributed by atoms with Gasteiger partial charge in [-0.2, -0.15) is 5.26 Å². The molecule has 0 saturated heterocycles. The summed E-state index contributed by atoms with van der Waals surface area (Å²) in [5.41, 5.74) is 2.39. The number of pyridine rings is 1. The molecular formula is C27H26N6O. The van der Waals surface area contributed by atoms with Gasteiger partial charge in [-0.3, -0.25) is 14.4 Å². The van der Waals surface area contributed by atoms with Gasteiger partial charge in [0.2, 0.25) is 0 Å². The van der Waals surface area contributed by atoms with E-state index in [1.165, 1.54) is 0 Å². The molecule has 0 unspecified atom stereocenters. The zero-order valence-electron chi connectivity index (χ0n) is 19.6. The zero-order valence-corrected chi connectivity index (χ0v) is 19.6. The maximum absolute atomic E-state index is 13.0. The summed E-state index contributed by atoms with van der Waals surface area (Å²) in [6, 6.07) is 19.0. The third-order valence-corrected chi connectivity index (χ3v) is 5.59. The number of para-hydroxylation sites is 2. The van der Waals surface area contributed by atoms with Gasteiger partial charge >= 0.3 is 0 Å². The first-order chi connectivity index (χ1) is 16.5. The van der Waals surface area contributed by atoms with Crippen molar-refractivity contribution >= 4 is 33.8 Å². The van der Waals surface area contributed by atoms with Crippen LogP contribution in [0.2, 0.25) is 0 Å². The summed E-state index contributed by atoms with van der Waals surface area (Å²) in [5.74, 6) is 1.29. The lowest BCUT2D eigenvalue weighted by atomic mass is 10.1. The molecule has 0 aliphatic rings. The van der Waals surface area contributed by atoms with Crippen molar-refractivity contribution in [3.05, 3.63) is 88.0 Å². The van der Waals surface area contributed by atoms with Crippen LogP contribution in [0, 0.1) is 11.3 Å². The predicted octanol–water partition coefficient (Wildman–Crippen LogP) is 4.34. The van der Waals surface area contributed by atoms with Crippen molar-refractivity contribution < 1.29 is 0 Å². The maximum atomic E-state index is 13.0. The second-order valence-corrected chi connectivity index (χ2v) is 8.03. The monoisotopic (exact) mass is 450 g/mol. The van der Waals surface area contributed by atoms with Gasteiger partial charge in [0, 0.05) is 32.2 Å². The first-order valence-corrected chi connectivity index (χ1v) is 11.2. The third-order valence-electron chi connectivity index (χ3n) is 5.59. The molecule has 7 heteroatoms. The van der Waals surface area contributed by atoms with Crippen molar-refractivity contribution in [3.63, 3.8) is 0 Å². The Hall–Kier alpha value is -4.31. The Kier molecular flexibility index (Phi) is 6.79. The Labute approximate surface area is 198 Å². The molecule has 0 radical (unpaired) electrons. The van der Waals surface area contributed by atoms with E-state index in [4.69, 9.17) is 9.97 Å². The van der Waals surface area contributed by atoms with E-state index in [0.29, 0.717) is 12.4 Å². The van der Waals surface area contributed by atoms with Crippen molar-refractivity contribution in [2.75, 3.05) is 25.5 Å². The van der Waals surface area contributed by atoms with Crippen molar-refractivity contribution in [1.82, 2.24) is 14.5 Å². The molecule has 2 aromatic heterocycles. The van der Waals surface area contributed by atoms with Crippen LogP contribution in [0.3, 0.4) is 0 Å². The molecule has 0 N–H and O–H groups in total. The Balaban J connectivity index is 1.83. The van der Waals surface area contributed by atoms with Gasteiger partial charge in [-0.05, 0) is 41.6 Å². The first-order valence-electron chi connectivity index (χ1n) is 11.2. The lowest BCUT2D eigenvalue weighted by Crippen LogP contribution is -2.26. The van der Waals surface area contributed by atoms with E-state index < -0.39 is 0 Å². The van der Waals surface area contributed by atoms with Gasteiger partial charge in [0.05, 0.1) is 17.6 Å².